The van der Waals surface area contributed by atoms with Gasteiger partial charge in [0.25, 0.3) is 0 Å². The maximum Gasteiger partial charge on any atom is 0.433 e. The molecule has 0 bridgehead atoms. The number of hydrogen-bond donors (Lipinski definition) is 2. The summed E-state index contributed by atoms with van der Waals surface area (Å²) in [6.07, 6.45) is -4.55. The third kappa shape index (κ3) is 3.60. The van der Waals surface area contributed by atoms with Crippen LogP contribution in [0.25, 0.3) is 11.0 Å². The first-order valence-electron chi connectivity index (χ1n) is 8.16. The number of nitrogens with two attached hydrogens (primary N) is 1. The number of fused-ring (bicyclic) bond motifs is 1. The smallest absolute Gasteiger partial charge is 0.382 e. The summed E-state index contributed by atoms with van der Waals surface area (Å²) in [7, 11) is 0. The summed E-state index contributed by atoms with van der Waals surface area (Å²) in [5, 5.41) is 16.8. The van der Waals surface area contributed by atoms with Gasteiger partial charge in [-0.3, -0.25) is 0 Å². The van der Waals surface area contributed by atoms with Crippen LogP contribution in [0.1, 0.15) is 16.3 Å². The number of benzene rings is 1. The Hall–Kier alpha value is -3.21. The molecule has 0 spiro atoms. The maximum atomic E-state index is 13.0. The van der Waals surface area contributed by atoms with Crippen LogP contribution in [0.3, 0.4) is 0 Å². The number of rotatable bonds is 4. The number of alkyl halides is 3. The zero-order valence-electron chi connectivity index (χ0n) is 14.5. The van der Waals surface area contributed by atoms with E-state index < -0.39 is 11.9 Å². The molecule has 3 aromatic heterocycles. The second-order valence-electron chi connectivity index (χ2n) is 6.10. The molecule has 11 heteroatoms. The van der Waals surface area contributed by atoms with E-state index in [1.165, 1.54) is 22.1 Å². The van der Waals surface area contributed by atoms with Gasteiger partial charge in [0.15, 0.2) is 11.5 Å². The van der Waals surface area contributed by atoms with E-state index in [9.17, 15) is 13.2 Å². The molecule has 3 N–H and O–H groups in total. The summed E-state index contributed by atoms with van der Waals surface area (Å²) in [6.45, 7) is 2.10. The highest BCUT2D eigenvalue weighted by Crippen LogP contribution is 2.30. The number of nitrogens with zero attached hydrogens (tertiary/aromatic N) is 5. The number of nitrogen functional groups attached to an aromatic ring is 1. The summed E-state index contributed by atoms with van der Waals surface area (Å²) in [4.78, 5) is 3.68. The van der Waals surface area contributed by atoms with Gasteiger partial charge in [0.1, 0.15) is 10.7 Å². The summed E-state index contributed by atoms with van der Waals surface area (Å²) < 4.78 is 40.2. The largest absolute Gasteiger partial charge is 0.433 e. The van der Waals surface area contributed by atoms with Crippen molar-refractivity contribution in [1.29, 1.82) is 0 Å². The van der Waals surface area contributed by atoms with Crippen molar-refractivity contribution in [2.75, 3.05) is 11.1 Å². The molecular weight excluding hydrogens is 391 g/mol. The van der Waals surface area contributed by atoms with Crippen molar-refractivity contribution in [3.63, 3.8) is 0 Å². The second kappa shape index (κ2) is 6.75. The van der Waals surface area contributed by atoms with E-state index in [-0.39, 0.29) is 18.0 Å². The lowest BCUT2D eigenvalue weighted by Gasteiger charge is -2.06. The van der Waals surface area contributed by atoms with Gasteiger partial charge in [-0.2, -0.15) is 18.3 Å². The lowest BCUT2D eigenvalue weighted by molar-refractivity contribution is -0.141. The first kappa shape index (κ1) is 18.2. The average molecular weight is 405 g/mol. The van der Waals surface area contributed by atoms with Crippen LogP contribution in [0.2, 0.25) is 0 Å². The highest BCUT2D eigenvalue weighted by Gasteiger charge is 2.33. The third-order valence-electron chi connectivity index (χ3n) is 3.97. The van der Waals surface area contributed by atoms with E-state index in [1.807, 2.05) is 31.2 Å². The number of nitrogens with one attached hydrogen (secondary N) is 1. The fourth-order valence-corrected chi connectivity index (χ4v) is 3.34. The average Bonchev–Trinajstić information content (AvgIpc) is 3.21. The van der Waals surface area contributed by atoms with Gasteiger partial charge in [-0.25, -0.2) is 9.67 Å². The van der Waals surface area contributed by atoms with Crippen molar-refractivity contribution in [3.05, 3.63) is 52.7 Å². The predicted octanol–water partition coefficient (Wildman–Crippen LogP) is 3.98. The molecule has 0 aliphatic rings. The first-order valence-corrected chi connectivity index (χ1v) is 8.97. The van der Waals surface area contributed by atoms with E-state index in [2.05, 4.69) is 25.6 Å². The number of pyridine rings is 1. The molecule has 144 valence electrons. The zero-order chi connectivity index (χ0) is 19.9. The Balaban J connectivity index is 1.60. The molecule has 3 heterocycles. The summed E-state index contributed by atoms with van der Waals surface area (Å²) in [6, 6.07) is 9.93. The minimum absolute atomic E-state index is 0.0515. The zero-order valence-corrected chi connectivity index (χ0v) is 15.3. The molecule has 0 saturated carbocycles. The summed E-state index contributed by atoms with van der Waals surface area (Å²) in [5.74, 6) is 0.110. The number of aromatic nitrogens is 5. The molecule has 4 rings (SSSR count). The van der Waals surface area contributed by atoms with Gasteiger partial charge in [0.2, 0.25) is 5.13 Å². The minimum Gasteiger partial charge on any atom is -0.382 e. The summed E-state index contributed by atoms with van der Waals surface area (Å²) in [5.41, 5.74) is 6.86. The van der Waals surface area contributed by atoms with E-state index in [0.29, 0.717) is 15.5 Å². The number of halogens is 3. The van der Waals surface area contributed by atoms with Crippen molar-refractivity contribution in [1.82, 2.24) is 25.0 Å². The van der Waals surface area contributed by atoms with Gasteiger partial charge in [-0.05, 0) is 31.2 Å². The van der Waals surface area contributed by atoms with Gasteiger partial charge in [-0.1, -0.05) is 29.0 Å². The maximum absolute atomic E-state index is 13.0. The van der Waals surface area contributed by atoms with E-state index in [4.69, 9.17) is 5.73 Å². The summed E-state index contributed by atoms with van der Waals surface area (Å²) >= 11 is 1.27. The van der Waals surface area contributed by atoms with Crippen LogP contribution >= 0.6 is 11.3 Å². The molecule has 0 saturated heterocycles. The first-order chi connectivity index (χ1) is 13.3. The van der Waals surface area contributed by atoms with Gasteiger partial charge in [0.05, 0.1) is 11.9 Å². The molecular formula is C17H14F3N7S. The van der Waals surface area contributed by atoms with Gasteiger partial charge in [-0.15, -0.1) is 10.2 Å². The van der Waals surface area contributed by atoms with Gasteiger partial charge in [0, 0.05) is 5.69 Å². The SMILES string of the molecule is Cc1ccc(Nc2nnc(Cn3nc(N)c4ccc(C(F)(F)F)nc43)s2)cc1. The normalized spacial score (nSPS) is 11.9. The molecule has 0 aliphatic heterocycles. The Labute approximate surface area is 161 Å². The molecule has 0 aliphatic carbocycles. The van der Waals surface area contributed by atoms with Gasteiger partial charge >= 0.3 is 6.18 Å². The topological polar surface area (TPSA) is 94.5 Å². The van der Waals surface area contributed by atoms with Crippen LogP contribution in [0.5, 0.6) is 0 Å². The Bertz CT molecular complexity index is 1130. The highest BCUT2D eigenvalue weighted by atomic mass is 32.1. The molecule has 4 aromatic rings. The van der Waals surface area contributed by atoms with Crippen molar-refractivity contribution in [2.45, 2.75) is 19.6 Å². The van der Waals surface area contributed by atoms with Crippen LogP contribution in [0.4, 0.5) is 29.8 Å². The van der Waals surface area contributed by atoms with Crippen LogP contribution in [0.15, 0.2) is 36.4 Å². The van der Waals surface area contributed by atoms with E-state index in [1.54, 1.807) is 0 Å². The van der Waals surface area contributed by atoms with Crippen LogP contribution in [0, 0.1) is 6.92 Å². The van der Waals surface area contributed by atoms with E-state index >= 15 is 0 Å². The Morgan fingerprint density at radius 1 is 1.11 bits per heavy atom. The number of aryl methyl sites for hydroxylation is 1. The second-order valence-corrected chi connectivity index (χ2v) is 7.16. The Morgan fingerprint density at radius 3 is 2.57 bits per heavy atom. The van der Waals surface area contributed by atoms with E-state index in [0.717, 1.165) is 17.3 Å². The lowest BCUT2D eigenvalue weighted by atomic mass is 10.2. The molecule has 0 amide bonds. The van der Waals surface area contributed by atoms with Crippen LogP contribution in [-0.2, 0) is 12.7 Å². The monoisotopic (exact) mass is 405 g/mol. The molecule has 1 aromatic carbocycles. The third-order valence-corrected chi connectivity index (χ3v) is 4.79. The molecule has 7 nitrogen and oxygen atoms in total. The van der Waals surface area contributed by atoms with Crippen LogP contribution < -0.4 is 11.1 Å². The fraction of sp³-hybridized carbons (Fsp3) is 0.176. The van der Waals surface area contributed by atoms with Crippen molar-refractivity contribution in [2.24, 2.45) is 0 Å². The quantitative estimate of drug-likeness (QED) is 0.533. The van der Waals surface area contributed by atoms with Crippen molar-refractivity contribution >= 4 is 39.0 Å². The van der Waals surface area contributed by atoms with Crippen molar-refractivity contribution in [3.8, 4) is 0 Å². The lowest BCUT2D eigenvalue weighted by Crippen LogP contribution is -2.09. The molecule has 0 fully saturated rings. The standard InChI is InChI=1S/C17H14F3N7S/c1-9-2-4-10(5-3-9)22-16-25-24-13(28-16)8-27-15-11(14(21)26-27)6-7-12(23-15)17(18,19)20/h2-7H,8H2,1H3,(H2,21,26)(H,22,25). The van der Waals surface area contributed by atoms with Gasteiger partial charge < -0.3 is 11.1 Å². The molecule has 28 heavy (non-hydrogen) atoms. The van der Waals surface area contributed by atoms with Crippen LogP contribution in [-0.4, -0.2) is 25.0 Å². The molecule has 0 radical (unpaired) electrons. The molecule has 0 unspecified atom stereocenters. The highest BCUT2D eigenvalue weighted by molar-refractivity contribution is 7.15. The number of anilines is 3. The molecule has 0 atom stereocenters. The minimum atomic E-state index is -4.55. The Kier molecular flexibility index (Phi) is 4.38. The Morgan fingerprint density at radius 2 is 1.86 bits per heavy atom. The number of hydrogen-bond acceptors (Lipinski definition) is 7. The van der Waals surface area contributed by atoms with Crippen molar-refractivity contribution < 1.29 is 13.2 Å². The predicted molar refractivity (Wildman–Crippen MR) is 100 cm³/mol. The fourth-order valence-electron chi connectivity index (χ4n) is 2.60.